The van der Waals surface area contributed by atoms with E-state index in [-0.39, 0.29) is 0 Å². The molecule has 0 saturated heterocycles. The van der Waals surface area contributed by atoms with Crippen LogP contribution in [0.2, 0.25) is 5.02 Å². The molecule has 0 amide bonds. The van der Waals surface area contributed by atoms with Crippen LogP contribution in [0.4, 0.5) is 0 Å². The molecule has 1 heterocycles. The zero-order valence-electron chi connectivity index (χ0n) is 6.96. The SMILES string of the molecule is N#Cc1ccc2cc(Cl)cc(Br)c2n1. The Morgan fingerprint density at radius 2 is 2.14 bits per heavy atom. The maximum absolute atomic E-state index is 8.69. The van der Waals surface area contributed by atoms with Gasteiger partial charge >= 0.3 is 0 Å². The van der Waals surface area contributed by atoms with Gasteiger partial charge in [0.05, 0.1) is 5.52 Å². The van der Waals surface area contributed by atoms with Crippen LogP contribution in [0.15, 0.2) is 28.7 Å². The van der Waals surface area contributed by atoms with Crippen molar-refractivity contribution in [2.45, 2.75) is 0 Å². The summed E-state index contributed by atoms with van der Waals surface area (Å²) < 4.78 is 0.803. The van der Waals surface area contributed by atoms with Gasteiger partial charge < -0.3 is 0 Å². The van der Waals surface area contributed by atoms with Gasteiger partial charge in [0.25, 0.3) is 0 Å². The lowest BCUT2D eigenvalue weighted by Crippen LogP contribution is -1.85. The predicted octanol–water partition coefficient (Wildman–Crippen LogP) is 3.52. The molecular weight excluding hydrogens is 263 g/mol. The van der Waals surface area contributed by atoms with E-state index in [4.69, 9.17) is 16.9 Å². The Morgan fingerprint density at radius 1 is 1.36 bits per heavy atom. The van der Waals surface area contributed by atoms with Crippen molar-refractivity contribution in [3.8, 4) is 6.07 Å². The highest BCUT2D eigenvalue weighted by atomic mass is 79.9. The zero-order chi connectivity index (χ0) is 10.1. The van der Waals surface area contributed by atoms with Crippen LogP contribution in [0.1, 0.15) is 5.69 Å². The van der Waals surface area contributed by atoms with E-state index in [2.05, 4.69) is 20.9 Å². The molecule has 0 atom stereocenters. The van der Waals surface area contributed by atoms with Gasteiger partial charge in [0.15, 0.2) is 0 Å². The fraction of sp³-hybridized carbons (Fsp3) is 0. The van der Waals surface area contributed by atoms with E-state index in [1.165, 1.54) is 0 Å². The largest absolute Gasteiger partial charge is 0.236 e. The molecule has 0 unspecified atom stereocenters. The molecule has 4 heteroatoms. The van der Waals surface area contributed by atoms with Gasteiger partial charge in [0.2, 0.25) is 0 Å². The number of aromatic nitrogens is 1. The predicted molar refractivity (Wildman–Crippen MR) is 59.2 cm³/mol. The lowest BCUT2D eigenvalue weighted by atomic mass is 10.2. The summed E-state index contributed by atoms with van der Waals surface area (Å²) in [5, 5.41) is 10.3. The smallest absolute Gasteiger partial charge is 0.141 e. The molecule has 0 aliphatic rings. The summed E-state index contributed by atoms with van der Waals surface area (Å²) in [6.45, 7) is 0. The highest BCUT2D eigenvalue weighted by Gasteiger charge is 2.03. The van der Waals surface area contributed by atoms with Crippen molar-refractivity contribution < 1.29 is 0 Å². The van der Waals surface area contributed by atoms with Crippen molar-refractivity contribution in [2.24, 2.45) is 0 Å². The summed E-state index contributed by atoms with van der Waals surface area (Å²) >= 11 is 9.23. The van der Waals surface area contributed by atoms with E-state index in [1.807, 2.05) is 18.2 Å². The second-order valence-corrected chi connectivity index (χ2v) is 4.06. The lowest BCUT2D eigenvalue weighted by molar-refractivity contribution is 1.32. The van der Waals surface area contributed by atoms with Gasteiger partial charge in [0.1, 0.15) is 11.8 Å². The molecule has 0 aliphatic carbocycles. The maximum atomic E-state index is 8.69. The Labute approximate surface area is 94.3 Å². The Morgan fingerprint density at radius 3 is 2.86 bits per heavy atom. The van der Waals surface area contributed by atoms with E-state index in [0.29, 0.717) is 10.7 Å². The zero-order valence-corrected chi connectivity index (χ0v) is 9.30. The van der Waals surface area contributed by atoms with E-state index in [0.717, 1.165) is 15.4 Å². The number of hydrogen-bond acceptors (Lipinski definition) is 2. The first-order valence-electron chi connectivity index (χ1n) is 3.86. The van der Waals surface area contributed by atoms with E-state index in [9.17, 15) is 0 Å². The minimum Gasteiger partial charge on any atom is -0.236 e. The minimum absolute atomic E-state index is 0.403. The van der Waals surface area contributed by atoms with Gasteiger partial charge in [0, 0.05) is 14.9 Å². The number of fused-ring (bicyclic) bond motifs is 1. The summed E-state index contributed by atoms with van der Waals surface area (Å²) in [5.74, 6) is 0. The first-order chi connectivity index (χ1) is 6.70. The van der Waals surface area contributed by atoms with Crippen LogP contribution < -0.4 is 0 Å². The van der Waals surface area contributed by atoms with Gasteiger partial charge in [-0.05, 0) is 40.2 Å². The van der Waals surface area contributed by atoms with Gasteiger partial charge in [-0.25, -0.2) is 4.98 Å². The monoisotopic (exact) mass is 266 g/mol. The molecule has 2 aromatic rings. The number of pyridine rings is 1. The standard InChI is InChI=1S/C10H4BrClN2/c11-9-4-7(12)3-6-1-2-8(5-13)14-10(6)9/h1-4H. The fourth-order valence-electron chi connectivity index (χ4n) is 1.22. The summed E-state index contributed by atoms with van der Waals surface area (Å²) in [4.78, 5) is 4.17. The number of nitriles is 1. The van der Waals surface area contributed by atoms with Crippen LogP contribution in [0.25, 0.3) is 10.9 Å². The second-order valence-electron chi connectivity index (χ2n) is 2.77. The van der Waals surface area contributed by atoms with Gasteiger partial charge in [-0.1, -0.05) is 11.6 Å². The normalized spacial score (nSPS) is 10.1. The molecule has 0 spiro atoms. The Bertz CT molecular complexity index is 546. The summed E-state index contributed by atoms with van der Waals surface area (Å²) in [6.07, 6.45) is 0. The number of benzene rings is 1. The third-order valence-electron chi connectivity index (χ3n) is 1.83. The molecule has 1 aromatic heterocycles. The minimum atomic E-state index is 0.403. The molecule has 0 N–H and O–H groups in total. The lowest BCUT2D eigenvalue weighted by Gasteiger charge is -2.00. The van der Waals surface area contributed by atoms with Crippen molar-refractivity contribution >= 4 is 38.4 Å². The first-order valence-corrected chi connectivity index (χ1v) is 5.04. The molecule has 14 heavy (non-hydrogen) atoms. The van der Waals surface area contributed by atoms with Crippen molar-refractivity contribution in [1.82, 2.24) is 4.98 Å². The van der Waals surface area contributed by atoms with Crippen molar-refractivity contribution in [3.63, 3.8) is 0 Å². The van der Waals surface area contributed by atoms with Gasteiger partial charge in [-0.15, -0.1) is 0 Å². The van der Waals surface area contributed by atoms with E-state index < -0.39 is 0 Å². The number of rotatable bonds is 0. The molecule has 68 valence electrons. The number of hydrogen-bond donors (Lipinski definition) is 0. The summed E-state index contributed by atoms with van der Waals surface area (Å²) in [7, 11) is 0. The number of halogens is 2. The average molecular weight is 268 g/mol. The molecule has 1 aromatic carbocycles. The average Bonchev–Trinajstić information content (AvgIpc) is 2.17. The van der Waals surface area contributed by atoms with Crippen LogP contribution in [-0.4, -0.2) is 4.98 Å². The third kappa shape index (κ3) is 1.59. The van der Waals surface area contributed by atoms with Crippen LogP contribution in [-0.2, 0) is 0 Å². The quantitative estimate of drug-likeness (QED) is 0.732. The Balaban J connectivity index is 2.84. The fourth-order valence-corrected chi connectivity index (χ4v) is 2.14. The highest BCUT2D eigenvalue weighted by molar-refractivity contribution is 9.10. The van der Waals surface area contributed by atoms with Crippen molar-refractivity contribution in [2.75, 3.05) is 0 Å². The topological polar surface area (TPSA) is 36.7 Å². The van der Waals surface area contributed by atoms with Crippen LogP contribution in [0.3, 0.4) is 0 Å². The van der Waals surface area contributed by atoms with Crippen molar-refractivity contribution in [1.29, 1.82) is 5.26 Å². The third-order valence-corrected chi connectivity index (χ3v) is 2.65. The first kappa shape index (κ1) is 9.45. The van der Waals surface area contributed by atoms with E-state index in [1.54, 1.807) is 12.1 Å². The number of nitrogens with zero attached hydrogens (tertiary/aromatic N) is 2. The summed E-state index contributed by atoms with van der Waals surface area (Å²) in [5.41, 5.74) is 1.16. The molecular formula is C10H4BrClN2. The van der Waals surface area contributed by atoms with Crippen LogP contribution in [0, 0.1) is 11.3 Å². The Hall–Kier alpha value is -1.11. The molecule has 2 rings (SSSR count). The highest BCUT2D eigenvalue weighted by Crippen LogP contribution is 2.26. The molecule has 0 aliphatic heterocycles. The molecule has 0 saturated carbocycles. The molecule has 0 bridgehead atoms. The maximum Gasteiger partial charge on any atom is 0.141 e. The van der Waals surface area contributed by atoms with Gasteiger partial charge in [-0.3, -0.25) is 0 Å². The molecule has 2 nitrogen and oxygen atoms in total. The second kappa shape index (κ2) is 3.56. The Kier molecular flexibility index (Phi) is 2.40. The van der Waals surface area contributed by atoms with E-state index >= 15 is 0 Å². The van der Waals surface area contributed by atoms with Crippen LogP contribution in [0.5, 0.6) is 0 Å². The van der Waals surface area contributed by atoms with Crippen molar-refractivity contribution in [3.05, 3.63) is 39.5 Å². The summed E-state index contributed by atoms with van der Waals surface area (Å²) in [6, 6.07) is 9.08. The van der Waals surface area contributed by atoms with Gasteiger partial charge in [-0.2, -0.15) is 5.26 Å². The molecule has 0 fully saturated rings. The van der Waals surface area contributed by atoms with Crippen LogP contribution >= 0.6 is 27.5 Å². The molecule has 0 radical (unpaired) electrons.